The maximum absolute atomic E-state index is 12.2. The van der Waals surface area contributed by atoms with Crippen molar-refractivity contribution in [1.82, 2.24) is 4.98 Å². The van der Waals surface area contributed by atoms with Crippen molar-refractivity contribution < 1.29 is 24.2 Å². The number of ether oxygens (including phenoxy) is 1. The van der Waals surface area contributed by atoms with Crippen molar-refractivity contribution in [2.75, 3.05) is 5.32 Å². The highest BCUT2D eigenvalue weighted by atomic mass is 16.6. The molecule has 2 aromatic heterocycles. The molecule has 0 saturated carbocycles. The van der Waals surface area contributed by atoms with E-state index in [-0.39, 0.29) is 5.56 Å². The zero-order valence-corrected chi connectivity index (χ0v) is 18.6. The molecule has 0 spiro atoms. The van der Waals surface area contributed by atoms with Gasteiger partial charge in [-0.25, -0.2) is 9.78 Å². The minimum atomic E-state index is -1.38. The van der Waals surface area contributed by atoms with Gasteiger partial charge in [-0.2, -0.15) is 0 Å². The van der Waals surface area contributed by atoms with E-state index in [0.29, 0.717) is 44.8 Å². The number of carboxylic acids is 1. The number of nitrogens with zero attached hydrogens (tertiary/aromatic N) is 1. The first-order valence-electron chi connectivity index (χ1n) is 10.7. The summed E-state index contributed by atoms with van der Waals surface area (Å²) in [6.45, 7) is 3.75. The molecule has 34 heavy (non-hydrogen) atoms. The minimum absolute atomic E-state index is 0.133. The number of anilines is 1. The second kappa shape index (κ2) is 8.53. The van der Waals surface area contributed by atoms with Crippen LogP contribution < -0.4 is 10.1 Å². The van der Waals surface area contributed by atoms with Crippen LogP contribution in [-0.4, -0.2) is 27.6 Å². The van der Waals surface area contributed by atoms with Crippen LogP contribution in [0, 0.1) is 13.8 Å². The van der Waals surface area contributed by atoms with Gasteiger partial charge < -0.3 is 24.7 Å². The number of carbonyl (C=O) groups is 1. The molecule has 0 radical (unpaired) electrons. The molecule has 1 unspecified atom stereocenters. The Morgan fingerprint density at radius 3 is 2.47 bits per heavy atom. The van der Waals surface area contributed by atoms with E-state index in [1.807, 2.05) is 50.2 Å². The van der Waals surface area contributed by atoms with E-state index in [1.54, 1.807) is 30.3 Å². The Hall–Kier alpha value is -4.36. The number of aliphatic hydroxyl groups is 1. The average Bonchev–Trinajstić information content (AvgIpc) is 3.19. The van der Waals surface area contributed by atoms with Crippen molar-refractivity contribution in [3.8, 4) is 17.2 Å². The Morgan fingerprint density at radius 1 is 1.00 bits per heavy atom. The van der Waals surface area contributed by atoms with Crippen molar-refractivity contribution >= 4 is 33.5 Å². The van der Waals surface area contributed by atoms with Gasteiger partial charge in [0.05, 0.1) is 16.8 Å². The van der Waals surface area contributed by atoms with Crippen LogP contribution in [0.5, 0.6) is 5.75 Å². The molecule has 2 heterocycles. The fraction of sp³-hybridized carbons (Fsp3) is 0.111. The number of benzene rings is 3. The number of para-hydroxylation sites is 2. The lowest BCUT2D eigenvalue weighted by atomic mass is 9.99. The molecule has 170 valence electrons. The molecule has 0 fully saturated rings. The number of aryl methyl sites for hydroxylation is 2. The maximum atomic E-state index is 12.2. The summed E-state index contributed by atoms with van der Waals surface area (Å²) in [5.74, 6) is -0.262. The predicted octanol–water partition coefficient (Wildman–Crippen LogP) is 5.73. The van der Waals surface area contributed by atoms with Crippen LogP contribution in [0.15, 0.2) is 77.2 Å². The molecule has 0 aliphatic rings. The van der Waals surface area contributed by atoms with E-state index in [2.05, 4.69) is 5.32 Å². The molecule has 0 amide bonds. The molecular weight excluding hydrogens is 432 g/mol. The standard InChI is InChI=1S/C27H22N2O5/c1-15-12-13-16(2)23-22(15)19(26(30)31)14-20(28-23)25-24(18-10-6-7-11-21(18)34-25)29-27(32)33-17-8-4-3-5-9-17/h3-14,27,29,32H,1-2H3,(H,30,31). The molecule has 0 aliphatic carbocycles. The van der Waals surface area contributed by atoms with Crippen LogP contribution in [0.25, 0.3) is 33.3 Å². The van der Waals surface area contributed by atoms with E-state index in [4.69, 9.17) is 14.1 Å². The van der Waals surface area contributed by atoms with E-state index in [0.717, 1.165) is 11.1 Å². The second-order valence-corrected chi connectivity index (χ2v) is 8.01. The number of rotatable bonds is 6. The van der Waals surface area contributed by atoms with E-state index >= 15 is 0 Å². The van der Waals surface area contributed by atoms with Gasteiger partial charge in [0.2, 0.25) is 0 Å². The van der Waals surface area contributed by atoms with E-state index in [9.17, 15) is 15.0 Å². The number of hydrogen-bond donors (Lipinski definition) is 3. The topological polar surface area (TPSA) is 105 Å². The number of furan rings is 1. The second-order valence-electron chi connectivity index (χ2n) is 8.01. The summed E-state index contributed by atoms with van der Waals surface area (Å²) in [4.78, 5) is 16.9. The van der Waals surface area contributed by atoms with Crippen LogP contribution in [-0.2, 0) is 0 Å². The number of aromatic nitrogens is 1. The van der Waals surface area contributed by atoms with Gasteiger partial charge in [-0.05, 0) is 55.3 Å². The van der Waals surface area contributed by atoms with Gasteiger partial charge >= 0.3 is 5.97 Å². The smallest absolute Gasteiger partial charge is 0.336 e. The van der Waals surface area contributed by atoms with Crippen molar-refractivity contribution in [3.05, 3.63) is 89.5 Å². The highest BCUT2D eigenvalue weighted by Crippen LogP contribution is 2.39. The van der Waals surface area contributed by atoms with Crippen molar-refractivity contribution in [1.29, 1.82) is 0 Å². The Labute approximate surface area is 195 Å². The summed E-state index contributed by atoms with van der Waals surface area (Å²) in [5.41, 5.74) is 3.74. The van der Waals surface area contributed by atoms with Crippen molar-refractivity contribution in [2.24, 2.45) is 0 Å². The third-order valence-corrected chi connectivity index (χ3v) is 5.69. The summed E-state index contributed by atoms with van der Waals surface area (Å²) in [5, 5.41) is 24.8. The number of aromatic carboxylic acids is 1. The third kappa shape index (κ3) is 3.82. The molecule has 0 aliphatic heterocycles. The fourth-order valence-electron chi connectivity index (χ4n) is 4.08. The SMILES string of the molecule is Cc1ccc(C)c2c(C(=O)O)cc(-c3oc4ccccc4c3NC(O)Oc3ccccc3)nc12. The molecule has 7 nitrogen and oxygen atoms in total. The van der Waals surface area contributed by atoms with Crippen LogP contribution in [0.2, 0.25) is 0 Å². The highest BCUT2D eigenvalue weighted by molar-refractivity contribution is 6.07. The van der Waals surface area contributed by atoms with Crippen LogP contribution in [0.3, 0.4) is 0 Å². The fourth-order valence-corrected chi connectivity index (χ4v) is 4.08. The molecular formula is C27H22N2O5. The van der Waals surface area contributed by atoms with Crippen LogP contribution in [0.4, 0.5) is 5.69 Å². The number of aliphatic hydroxyl groups excluding tert-OH is 1. The first-order valence-corrected chi connectivity index (χ1v) is 10.7. The predicted molar refractivity (Wildman–Crippen MR) is 130 cm³/mol. The number of hydrogen-bond acceptors (Lipinski definition) is 6. The van der Waals surface area contributed by atoms with Gasteiger partial charge in [-0.3, -0.25) is 0 Å². The van der Waals surface area contributed by atoms with Gasteiger partial charge in [-0.1, -0.05) is 42.5 Å². The van der Waals surface area contributed by atoms with Gasteiger partial charge in [-0.15, -0.1) is 0 Å². The molecule has 0 saturated heterocycles. The zero-order valence-electron chi connectivity index (χ0n) is 18.6. The van der Waals surface area contributed by atoms with Crippen LogP contribution in [0.1, 0.15) is 21.5 Å². The Kier molecular flexibility index (Phi) is 5.39. The number of fused-ring (bicyclic) bond motifs is 2. The van der Waals surface area contributed by atoms with E-state index in [1.165, 1.54) is 6.07 Å². The average molecular weight is 454 g/mol. The number of carboxylic acid groups (broad SMARTS) is 1. The summed E-state index contributed by atoms with van der Waals surface area (Å²) < 4.78 is 11.7. The number of pyridine rings is 1. The first kappa shape index (κ1) is 21.5. The van der Waals surface area contributed by atoms with E-state index < -0.39 is 12.4 Å². The highest BCUT2D eigenvalue weighted by Gasteiger charge is 2.23. The van der Waals surface area contributed by atoms with Gasteiger partial charge in [0, 0.05) is 10.8 Å². The molecule has 5 rings (SSSR count). The summed E-state index contributed by atoms with van der Waals surface area (Å²) >= 11 is 0. The Morgan fingerprint density at radius 2 is 1.71 bits per heavy atom. The largest absolute Gasteiger partial charge is 0.478 e. The summed E-state index contributed by atoms with van der Waals surface area (Å²) in [6, 6.07) is 21.5. The monoisotopic (exact) mass is 454 g/mol. The lowest BCUT2D eigenvalue weighted by Gasteiger charge is -2.16. The lowest BCUT2D eigenvalue weighted by Crippen LogP contribution is -2.25. The van der Waals surface area contributed by atoms with Crippen molar-refractivity contribution in [3.63, 3.8) is 0 Å². The Bertz CT molecular complexity index is 1530. The maximum Gasteiger partial charge on any atom is 0.336 e. The van der Waals surface area contributed by atoms with Gasteiger partial charge in [0.25, 0.3) is 6.41 Å². The normalized spacial score (nSPS) is 12.1. The molecule has 1 atom stereocenters. The summed E-state index contributed by atoms with van der Waals surface area (Å²) in [7, 11) is 0. The molecule has 0 bridgehead atoms. The number of nitrogens with one attached hydrogen (secondary N) is 1. The van der Waals surface area contributed by atoms with Gasteiger partial charge in [0.15, 0.2) is 5.76 Å². The third-order valence-electron chi connectivity index (χ3n) is 5.69. The first-order chi connectivity index (χ1) is 16.4. The Balaban J connectivity index is 1.67. The van der Waals surface area contributed by atoms with Gasteiger partial charge in [0.1, 0.15) is 17.0 Å². The molecule has 3 N–H and O–H groups in total. The molecule has 7 heteroatoms. The van der Waals surface area contributed by atoms with Crippen LogP contribution >= 0.6 is 0 Å². The quantitative estimate of drug-likeness (QED) is 0.281. The van der Waals surface area contributed by atoms with Crippen molar-refractivity contribution in [2.45, 2.75) is 20.3 Å². The summed E-state index contributed by atoms with van der Waals surface area (Å²) in [6.07, 6.45) is -1.38. The molecule has 5 aromatic rings. The lowest BCUT2D eigenvalue weighted by molar-refractivity contribution is 0.00783. The molecule has 3 aromatic carbocycles. The minimum Gasteiger partial charge on any atom is -0.478 e. The zero-order chi connectivity index (χ0) is 23.8.